The van der Waals surface area contributed by atoms with Gasteiger partial charge in [0.05, 0.1) is 11.2 Å². The van der Waals surface area contributed by atoms with E-state index in [1.54, 1.807) is 0 Å². The summed E-state index contributed by atoms with van der Waals surface area (Å²) in [6.07, 6.45) is 11.1. The minimum atomic E-state index is -0.259. The maximum atomic E-state index is 6.12. The quantitative estimate of drug-likeness (QED) is 0.773. The maximum absolute atomic E-state index is 6.12. The van der Waals surface area contributed by atoms with Crippen LogP contribution in [0.3, 0.4) is 0 Å². The second kappa shape index (κ2) is 4.92. The van der Waals surface area contributed by atoms with Crippen LogP contribution >= 0.6 is 0 Å². The van der Waals surface area contributed by atoms with Crippen LogP contribution in [0.15, 0.2) is 18.5 Å². The Kier molecular flexibility index (Phi) is 3.50. The highest BCUT2D eigenvalue weighted by atomic mass is 16.7. The molecule has 3 nitrogen and oxygen atoms in total. The Morgan fingerprint density at radius 3 is 2.25 bits per heavy atom. The average molecular weight is 275 g/mol. The van der Waals surface area contributed by atoms with Crippen molar-refractivity contribution in [3.8, 4) is 0 Å². The first-order chi connectivity index (χ1) is 9.39. The van der Waals surface area contributed by atoms with Gasteiger partial charge in [0.15, 0.2) is 0 Å². The Morgan fingerprint density at radius 1 is 1.05 bits per heavy atom. The zero-order valence-electron chi connectivity index (χ0n) is 13.2. The second-order valence-corrected chi connectivity index (χ2v) is 7.27. The van der Waals surface area contributed by atoms with Gasteiger partial charge in [0, 0.05) is 23.9 Å². The van der Waals surface area contributed by atoms with Crippen molar-refractivity contribution in [1.29, 1.82) is 0 Å². The van der Waals surface area contributed by atoms with E-state index in [4.69, 9.17) is 9.31 Å². The van der Waals surface area contributed by atoms with Gasteiger partial charge in [0.1, 0.15) is 0 Å². The van der Waals surface area contributed by atoms with Gasteiger partial charge in [-0.25, -0.2) is 0 Å². The van der Waals surface area contributed by atoms with Gasteiger partial charge in [-0.1, -0.05) is 19.3 Å². The van der Waals surface area contributed by atoms with E-state index in [2.05, 4.69) is 50.7 Å². The molecule has 1 aromatic heterocycles. The van der Waals surface area contributed by atoms with Crippen LogP contribution in [0.4, 0.5) is 0 Å². The predicted octanol–water partition coefficient (Wildman–Crippen LogP) is 3.29. The van der Waals surface area contributed by atoms with E-state index >= 15 is 0 Å². The van der Waals surface area contributed by atoms with Gasteiger partial charge in [-0.15, -0.1) is 0 Å². The SMILES string of the molecule is CC1(C)OB(c2ccn(C3CCCCC3)c2)OC1(C)C. The Hall–Kier alpha value is -0.735. The summed E-state index contributed by atoms with van der Waals surface area (Å²) in [4.78, 5) is 0. The molecule has 1 aliphatic carbocycles. The lowest BCUT2D eigenvalue weighted by Gasteiger charge is -2.32. The molecule has 4 heteroatoms. The summed E-state index contributed by atoms with van der Waals surface area (Å²) < 4.78 is 14.6. The second-order valence-electron chi connectivity index (χ2n) is 7.27. The molecule has 2 fully saturated rings. The van der Waals surface area contributed by atoms with Crippen LogP contribution in [0, 0.1) is 0 Å². The first-order valence-corrected chi connectivity index (χ1v) is 7.92. The summed E-state index contributed by atoms with van der Waals surface area (Å²) in [5.41, 5.74) is 0.629. The zero-order valence-corrected chi connectivity index (χ0v) is 13.2. The normalized spacial score (nSPS) is 26.1. The van der Waals surface area contributed by atoms with Crippen molar-refractivity contribution in [3.63, 3.8) is 0 Å². The highest BCUT2D eigenvalue weighted by Crippen LogP contribution is 2.36. The number of rotatable bonds is 2. The summed E-state index contributed by atoms with van der Waals surface area (Å²) in [6.45, 7) is 8.41. The number of hydrogen-bond donors (Lipinski definition) is 0. The first kappa shape index (κ1) is 14.2. The van der Waals surface area contributed by atoms with E-state index in [-0.39, 0.29) is 18.3 Å². The fourth-order valence-corrected chi connectivity index (χ4v) is 3.16. The third-order valence-electron chi connectivity index (χ3n) is 5.26. The Bertz CT molecular complexity index is 459. The Balaban J connectivity index is 1.74. The van der Waals surface area contributed by atoms with E-state index in [1.807, 2.05) is 0 Å². The monoisotopic (exact) mass is 275 g/mol. The lowest BCUT2D eigenvalue weighted by molar-refractivity contribution is 0.00578. The van der Waals surface area contributed by atoms with Crippen molar-refractivity contribution in [2.75, 3.05) is 0 Å². The molecular weight excluding hydrogens is 249 g/mol. The average Bonchev–Trinajstić information content (AvgIpc) is 2.94. The van der Waals surface area contributed by atoms with Crippen LogP contribution in [0.5, 0.6) is 0 Å². The molecule has 0 spiro atoms. The van der Waals surface area contributed by atoms with Gasteiger partial charge < -0.3 is 13.9 Å². The van der Waals surface area contributed by atoms with Gasteiger partial charge in [-0.3, -0.25) is 0 Å². The molecule has 110 valence electrons. The molecule has 0 N–H and O–H groups in total. The van der Waals surface area contributed by atoms with Crippen LogP contribution in [0.2, 0.25) is 0 Å². The molecule has 1 aromatic rings. The van der Waals surface area contributed by atoms with Gasteiger partial charge in [-0.05, 0) is 46.6 Å². The van der Waals surface area contributed by atoms with Crippen LogP contribution in [0.25, 0.3) is 0 Å². The van der Waals surface area contributed by atoms with Crippen molar-refractivity contribution < 1.29 is 9.31 Å². The molecule has 0 bridgehead atoms. The molecule has 0 atom stereocenters. The van der Waals surface area contributed by atoms with Crippen molar-refractivity contribution in [2.24, 2.45) is 0 Å². The molecule has 20 heavy (non-hydrogen) atoms. The zero-order chi connectivity index (χ0) is 14.4. The van der Waals surface area contributed by atoms with Gasteiger partial charge in [0.2, 0.25) is 0 Å². The van der Waals surface area contributed by atoms with Crippen molar-refractivity contribution in [2.45, 2.75) is 77.0 Å². The third kappa shape index (κ3) is 2.44. The van der Waals surface area contributed by atoms with Crippen molar-refractivity contribution in [1.82, 2.24) is 4.57 Å². The summed E-state index contributed by atoms with van der Waals surface area (Å²) in [5.74, 6) is 0. The number of hydrogen-bond acceptors (Lipinski definition) is 2. The summed E-state index contributed by atoms with van der Waals surface area (Å²) in [6, 6.07) is 2.82. The fraction of sp³-hybridized carbons (Fsp3) is 0.750. The van der Waals surface area contributed by atoms with E-state index in [0.717, 1.165) is 5.46 Å². The molecule has 1 aliphatic heterocycles. The molecule has 1 saturated carbocycles. The number of nitrogens with zero attached hydrogens (tertiary/aromatic N) is 1. The van der Waals surface area contributed by atoms with E-state index in [1.165, 1.54) is 32.1 Å². The minimum absolute atomic E-state index is 0.232. The largest absolute Gasteiger partial charge is 0.496 e. The molecular formula is C16H26BNO2. The van der Waals surface area contributed by atoms with Crippen molar-refractivity contribution in [3.05, 3.63) is 18.5 Å². The molecule has 1 saturated heterocycles. The lowest BCUT2D eigenvalue weighted by atomic mass is 9.81. The maximum Gasteiger partial charge on any atom is 0.496 e. The van der Waals surface area contributed by atoms with E-state index < -0.39 is 0 Å². The van der Waals surface area contributed by atoms with E-state index in [9.17, 15) is 0 Å². The van der Waals surface area contributed by atoms with Gasteiger partial charge in [0.25, 0.3) is 0 Å². The summed E-state index contributed by atoms with van der Waals surface area (Å²) in [5, 5.41) is 0. The van der Waals surface area contributed by atoms with E-state index in [0.29, 0.717) is 6.04 Å². The smallest absolute Gasteiger partial charge is 0.399 e. The van der Waals surface area contributed by atoms with Gasteiger partial charge in [-0.2, -0.15) is 0 Å². The molecule has 0 unspecified atom stereocenters. The van der Waals surface area contributed by atoms with Crippen LogP contribution in [0.1, 0.15) is 65.8 Å². The molecule has 0 radical (unpaired) electrons. The Labute approximate surface area is 122 Å². The van der Waals surface area contributed by atoms with Crippen molar-refractivity contribution >= 4 is 12.6 Å². The molecule has 2 heterocycles. The molecule has 3 rings (SSSR count). The summed E-state index contributed by atoms with van der Waals surface area (Å²) in [7, 11) is -0.232. The first-order valence-electron chi connectivity index (χ1n) is 7.92. The molecule has 2 aliphatic rings. The fourth-order valence-electron chi connectivity index (χ4n) is 3.16. The lowest BCUT2D eigenvalue weighted by Crippen LogP contribution is -2.41. The summed E-state index contributed by atoms with van der Waals surface area (Å²) >= 11 is 0. The van der Waals surface area contributed by atoms with Crippen LogP contribution < -0.4 is 5.46 Å². The number of aromatic nitrogens is 1. The highest BCUT2D eigenvalue weighted by Gasteiger charge is 2.51. The standard InChI is InChI=1S/C16H26BNO2/c1-15(2)16(3,4)20-17(19-15)13-10-11-18(12-13)14-8-6-5-7-9-14/h10-12,14H,5-9H2,1-4H3. The Morgan fingerprint density at radius 2 is 1.65 bits per heavy atom. The minimum Gasteiger partial charge on any atom is -0.399 e. The van der Waals surface area contributed by atoms with Crippen LogP contribution in [-0.2, 0) is 9.31 Å². The highest BCUT2D eigenvalue weighted by molar-refractivity contribution is 6.62. The topological polar surface area (TPSA) is 23.4 Å². The molecule has 0 amide bonds. The third-order valence-corrected chi connectivity index (χ3v) is 5.26. The van der Waals surface area contributed by atoms with Crippen LogP contribution in [-0.4, -0.2) is 22.9 Å². The predicted molar refractivity (Wildman–Crippen MR) is 82.3 cm³/mol. The molecule has 0 aromatic carbocycles. The van der Waals surface area contributed by atoms with Gasteiger partial charge >= 0.3 is 7.12 Å².